The summed E-state index contributed by atoms with van der Waals surface area (Å²) in [6.45, 7) is 6.03. The number of carbonyl (C=O) groups excluding carboxylic acids is 1. The van der Waals surface area contributed by atoms with Crippen molar-refractivity contribution in [2.45, 2.75) is 33.2 Å². The van der Waals surface area contributed by atoms with E-state index in [9.17, 15) is 9.59 Å². The van der Waals surface area contributed by atoms with Crippen molar-refractivity contribution >= 4 is 29.3 Å². The lowest BCUT2D eigenvalue weighted by molar-refractivity contribution is 0.0697. The average Bonchev–Trinajstić information content (AvgIpc) is 2.36. The Bertz CT molecular complexity index is 505. The zero-order valence-corrected chi connectivity index (χ0v) is 12.5. The molecule has 0 aliphatic carbocycles. The molecule has 0 saturated carbocycles. The number of hydrogen-bond donors (Lipinski definition) is 3. The molecular weight excluding hydrogens is 280 g/mol. The maximum atomic E-state index is 11.8. The van der Waals surface area contributed by atoms with E-state index in [-0.39, 0.29) is 22.7 Å². The van der Waals surface area contributed by atoms with Crippen LogP contribution in [0, 0.1) is 5.92 Å². The first-order valence-electron chi connectivity index (χ1n) is 6.44. The number of urea groups is 1. The molecular formula is C14H19ClN2O3. The predicted molar refractivity (Wildman–Crippen MR) is 79.5 cm³/mol. The molecule has 5 nitrogen and oxygen atoms in total. The molecule has 2 unspecified atom stereocenters. The Balaban J connectivity index is 2.73. The van der Waals surface area contributed by atoms with Crippen LogP contribution in [0.15, 0.2) is 18.2 Å². The Kier molecular flexibility index (Phi) is 5.82. The standard InChI is InChI=1S/C14H19ClN2O3/c1-4-8(2)9(3)16-14(20)17-12-6-10(13(18)19)5-11(15)7-12/h5-9H,4H2,1-3H3,(H,18,19)(H2,16,17,20). The lowest BCUT2D eigenvalue weighted by Gasteiger charge is -2.20. The molecule has 0 aromatic heterocycles. The number of carboxylic acids is 1. The van der Waals surface area contributed by atoms with E-state index in [1.165, 1.54) is 18.2 Å². The Labute approximate surface area is 123 Å². The zero-order valence-electron chi connectivity index (χ0n) is 11.7. The molecule has 6 heteroatoms. The summed E-state index contributed by atoms with van der Waals surface area (Å²) in [4.78, 5) is 22.7. The molecule has 0 saturated heterocycles. The van der Waals surface area contributed by atoms with E-state index in [0.717, 1.165) is 6.42 Å². The van der Waals surface area contributed by atoms with E-state index in [4.69, 9.17) is 16.7 Å². The number of nitrogens with one attached hydrogen (secondary N) is 2. The zero-order chi connectivity index (χ0) is 15.3. The summed E-state index contributed by atoms with van der Waals surface area (Å²) in [5.74, 6) is -0.737. The largest absolute Gasteiger partial charge is 0.478 e. The summed E-state index contributed by atoms with van der Waals surface area (Å²) < 4.78 is 0. The lowest BCUT2D eigenvalue weighted by atomic mass is 10.0. The van der Waals surface area contributed by atoms with Crippen LogP contribution >= 0.6 is 11.6 Å². The van der Waals surface area contributed by atoms with Gasteiger partial charge in [-0.05, 0) is 31.0 Å². The third-order valence-electron chi connectivity index (χ3n) is 3.26. The van der Waals surface area contributed by atoms with E-state index in [0.29, 0.717) is 11.6 Å². The molecule has 2 atom stereocenters. The predicted octanol–water partition coefficient (Wildman–Crippen LogP) is 3.59. The van der Waals surface area contributed by atoms with Gasteiger partial charge in [0.15, 0.2) is 0 Å². The minimum Gasteiger partial charge on any atom is -0.478 e. The number of carboxylic acid groups (broad SMARTS) is 1. The molecule has 1 aromatic rings. The van der Waals surface area contributed by atoms with Crippen molar-refractivity contribution in [1.82, 2.24) is 5.32 Å². The molecule has 2 amide bonds. The van der Waals surface area contributed by atoms with Crippen molar-refractivity contribution in [2.75, 3.05) is 5.32 Å². The van der Waals surface area contributed by atoms with Gasteiger partial charge in [-0.3, -0.25) is 0 Å². The van der Waals surface area contributed by atoms with Crippen LogP contribution in [0.2, 0.25) is 5.02 Å². The van der Waals surface area contributed by atoms with E-state index in [1.54, 1.807) is 0 Å². The molecule has 3 N–H and O–H groups in total. The number of aromatic carboxylic acids is 1. The average molecular weight is 299 g/mol. The molecule has 0 spiro atoms. The summed E-state index contributed by atoms with van der Waals surface area (Å²) in [7, 11) is 0. The number of anilines is 1. The van der Waals surface area contributed by atoms with Crippen molar-refractivity contribution in [1.29, 1.82) is 0 Å². The summed E-state index contributed by atoms with van der Waals surface area (Å²) >= 11 is 5.82. The van der Waals surface area contributed by atoms with Crippen molar-refractivity contribution in [3.05, 3.63) is 28.8 Å². The summed E-state index contributed by atoms with van der Waals surface area (Å²) in [5, 5.41) is 14.6. The van der Waals surface area contributed by atoms with Gasteiger partial charge >= 0.3 is 12.0 Å². The molecule has 0 aliphatic heterocycles. The SMILES string of the molecule is CCC(C)C(C)NC(=O)Nc1cc(Cl)cc(C(=O)O)c1. The van der Waals surface area contributed by atoms with Gasteiger partial charge < -0.3 is 15.7 Å². The Morgan fingerprint density at radius 3 is 2.50 bits per heavy atom. The Morgan fingerprint density at radius 1 is 1.30 bits per heavy atom. The molecule has 0 fully saturated rings. The van der Waals surface area contributed by atoms with Crippen LogP contribution in [0.1, 0.15) is 37.6 Å². The van der Waals surface area contributed by atoms with E-state index >= 15 is 0 Å². The first-order chi connectivity index (χ1) is 9.33. The minimum absolute atomic E-state index is 0.0260. The number of hydrogen-bond acceptors (Lipinski definition) is 2. The third-order valence-corrected chi connectivity index (χ3v) is 3.48. The second-order valence-corrected chi connectivity index (χ2v) is 5.24. The van der Waals surface area contributed by atoms with Gasteiger partial charge in [-0.2, -0.15) is 0 Å². The number of carbonyl (C=O) groups is 2. The highest BCUT2D eigenvalue weighted by molar-refractivity contribution is 6.31. The molecule has 0 radical (unpaired) electrons. The maximum absolute atomic E-state index is 11.8. The number of rotatable bonds is 5. The van der Waals surface area contributed by atoms with Gasteiger partial charge in [-0.1, -0.05) is 31.9 Å². The van der Waals surface area contributed by atoms with Gasteiger partial charge in [-0.25, -0.2) is 9.59 Å². The fourth-order valence-electron chi connectivity index (χ4n) is 1.66. The number of benzene rings is 1. The van der Waals surface area contributed by atoms with Crippen LogP contribution in [-0.2, 0) is 0 Å². The number of halogens is 1. The van der Waals surface area contributed by atoms with E-state index in [2.05, 4.69) is 17.6 Å². The summed E-state index contributed by atoms with van der Waals surface area (Å²) in [6.07, 6.45) is 0.960. The van der Waals surface area contributed by atoms with Gasteiger partial charge in [0.25, 0.3) is 0 Å². The third kappa shape index (κ3) is 4.74. The number of amides is 2. The van der Waals surface area contributed by atoms with Gasteiger partial charge in [0.05, 0.1) is 5.56 Å². The minimum atomic E-state index is -1.09. The highest BCUT2D eigenvalue weighted by Crippen LogP contribution is 2.19. The van der Waals surface area contributed by atoms with Crippen molar-refractivity contribution in [3.8, 4) is 0 Å². The molecule has 0 aliphatic rings. The fraction of sp³-hybridized carbons (Fsp3) is 0.429. The van der Waals surface area contributed by atoms with Gasteiger partial charge in [0, 0.05) is 16.8 Å². The van der Waals surface area contributed by atoms with Crippen LogP contribution < -0.4 is 10.6 Å². The van der Waals surface area contributed by atoms with Crippen LogP contribution in [-0.4, -0.2) is 23.1 Å². The monoisotopic (exact) mass is 298 g/mol. The van der Waals surface area contributed by atoms with Gasteiger partial charge in [-0.15, -0.1) is 0 Å². The first kappa shape index (κ1) is 16.3. The smallest absolute Gasteiger partial charge is 0.335 e. The quantitative estimate of drug-likeness (QED) is 0.777. The van der Waals surface area contributed by atoms with Crippen molar-refractivity contribution in [2.24, 2.45) is 5.92 Å². The molecule has 1 aromatic carbocycles. The van der Waals surface area contributed by atoms with Crippen LogP contribution in [0.4, 0.5) is 10.5 Å². The second kappa shape index (κ2) is 7.14. The normalized spacial score (nSPS) is 13.4. The Hall–Kier alpha value is -1.75. The molecule has 0 bridgehead atoms. The summed E-state index contributed by atoms with van der Waals surface area (Å²) in [5.41, 5.74) is 0.381. The highest BCUT2D eigenvalue weighted by atomic mass is 35.5. The fourth-order valence-corrected chi connectivity index (χ4v) is 1.89. The molecule has 20 heavy (non-hydrogen) atoms. The van der Waals surface area contributed by atoms with Crippen molar-refractivity contribution < 1.29 is 14.7 Å². The van der Waals surface area contributed by atoms with Gasteiger partial charge in [0.2, 0.25) is 0 Å². The Morgan fingerprint density at radius 2 is 1.95 bits per heavy atom. The molecule has 110 valence electrons. The van der Waals surface area contributed by atoms with Crippen LogP contribution in [0.3, 0.4) is 0 Å². The van der Waals surface area contributed by atoms with E-state index < -0.39 is 5.97 Å². The maximum Gasteiger partial charge on any atom is 0.335 e. The van der Waals surface area contributed by atoms with Gasteiger partial charge in [0.1, 0.15) is 0 Å². The van der Waals surface area contributed by atoms with Crippen molar-refractivity contribution in [3.63, 3.8) is 0 Å². The summed E-state index contributed by atoms with van der Waals surface area (Å²) in [6, 6.07) is 3.84. The highest BCUT2D eigenvalue weighted by Gasteiger charge is 2.14. The molecule has 1 rings (SSSR count). The molecule has 0 heterocycles. The van der Waals surface area contributed by atoms with Crippen LogP contribution in [0.5, 0.6) is 0 Å². The first-order valence-corrected chi connectivity index (χ1v) is 6.82. The topological polar surface area (TPSA) is 78.4 Å². The van der Waals surface area contributed by atoms with E-state index in [1.807, 2.05) is 13.8 Å². The second-order valence-electron chi connectivity index (χ2n) is 4.81. The van der Waals surface area contributed by atoms with Crippen LogP contribution in [0.25, 0.3) is 0 Å². The lowest BCUT2D eigenvalue weighted by Crippen LogP contribution is -2.39.